The summed E-state index contributed by atoms with van der Waals surface area (Å²) in [7, 11) is 0. The number of rotatable bonds is 3. The van der Waals surface area contributed by atoms with Crippen LogP contribution in [0.3, 0.4) is 0 Å². The molecular formula is C14H15BrN2. The van der Waals surface area contributed by atoms with Gasteiger partial charge in [-0.25, -0.2) is 0 Å². The first-order valence-electron chi connectivity index (χ1n) is 5.58. The Morgan fingerprint density at radius 3 is 2.76 bits per heavy atom. The third-order valence-electron chi connectivity index (χ3n) is 2.78. The van der Waals surface area contributed by atoms with Gasteiger partial charge in [-0.15, -0.1) is 0 Å². The molecule has 1 unspecified atom stereocenters. The second kappa shape index (κ2) is 5.43. The molecule has 3 heteroatoms. The fourth-order valence-corrected chi connectivity index (χ4v) is 2.10. The molecule has 17 heavy (non-hydrogen) atoms. The van der Waals surface area contributed by atoms with E-state index in [9.17, 15) is 0 Å². The van der Waals surface area contributed by atoms with E-state index in [4.69, 9.17) is 5.73 Å². The van der Waals surface area contributed by atoms with Gasteiger partial charge >= 0.3 is 0 Å². The number of hydrogen-bond donors (Lipinski definition) is 1. The topological polar surface area (TPSA) is 38.9 Å². The molecule has 2 rings (SSSR count). The van der Waals surface area contributed by atoms with E-state index >= 15 is 0 Å². The highest BCUT2D eigenvalue weighted by atomic mass is 79.9. The van der Waals surface area contributed by atoms with Crippen LogP contribution in [0.15, 0.2) is 47.1 Å². The van der Waals surface area contributed by atoms with Crippen molar-refractivity contribution in [2.75, 3.05) is 0 Å². The lowest BCUT2D eigenvalue weighted by Crippen LogP contribution is -2.14. The normalized spacial score (nSPS) is 12.4. The van der Waals surface area contributed by atoms with Crippen molar-refractivity contribution >= 4 is 15.9 Å². The number of aryl methyl sites for hydroxylation is 1. The molecule has 1 aromatic heterocycles. The number of aromatic nitrogens is 1. The van der Waals surface area contributed by atoms with Gasteiger partial charge in [-0.3, -0.25) is 4.98 Å². The summed E-state index contributed by atoms with van der Waals surface area (Å²) in [4.78, 5) is 4.29. The number of nitrogens with two attached hydrogens (primary N) is 1. The van der Waals surface area contributed by atoms with E-state index in [1.54, 1.807) is 6.20 Å². The molecule has 0 saturated heterocycles. The third-order valence-corrected chi connectivity index (χ3v) is 3.63. The quantitative estimate of drug-likeness (QED) is 0.941. The first kappa shape index (κ1) is 12.3. The maximum atomic E-state index is 6.19. The van der Waals surface area contributed by atoms with E-state index < -0.39 is 0 Å². The molecule has 1 aromatic carbocycles. The van der Waals surface area contributed by atoms with Crippen molar-refractivity contribution in [1.29, 1.82) is 0 Å². The Morgan fingerprint density at radius 1 is 1.29 bits per heavy atom. The van der Waals surface area contributed by atoms with E-state index in [-0.39, 0.29) is 6.04 Å². The van der Waals surface area contributed by atoms with Gasteiger partial charge in [-0.05, 0) is 36.2 Å². The smallest absolute Gasteiger partial charge is 0.0422 e. The zero-order valence-corrected chi connectivity index (χ0v) is 11.3. The average molecular weight is 291 g/mol. The summed E-state index contributed by atoms with van der Waals surface area (Å²) in [5, 5.41) is 0. The van der Waals surface area contributed by atoms with E-state index in [1.165, 1.54) is 5.56 Å². The van der Waals surface area contributed by atoms with Crippen LogP contribution in [0.1, 0.15) is 22.9 Å². The zero-order valence-electron chi connectivity index (χ0n) is 9.73. The lowest BCUT2D eigenvalue weighted by molar-refractivity contribution is 0.706. The molecular weight excluding hydrogens is 276 g/mol. The molecule has 2 nitrogen and oxygen atoms in total. The van der Waals surface area contributed by atoms with E-state index in [0.717, 1.165) is 22.2 Å². The minimum Gasteiger partial charge on any atom is -0.324 e. The summed E-state index contributed by atoms with van der Waals surface area (Å²) in [6.45, 7) is 2.07. The molecule has 0 aliphatic rings. The van der Waals surface area contributed by atoms with Crippen LogP contribution < -0.4 is 5.73 Å². The molecule has 0 amide bonds. The van der Waals surface area contributed by atoms with Crippen LogP contribution in [-0.4, -0.2) is 4.98 Å². The van der Waals surface area contributed by atoms with E-state index in [1.807, 2.05) is 18.2 Å². The van der Waals surface area contributed by atoms with Gasteiger partial charge in [0.25, 0.3) is 0 Å². The fourth-order valence-electron chi connectivity index (χ4n) is 1.70. The SMILES string of the molecule is Cc1ccc(C(N)Cc2ccccn2)cc1Br. The molecule has 0 spiro atoms. The molecule has 1 atom stereocenters. The van der Waals surface area contributed by atoms with Crippen molar-refractivity contribution in [3.63, 3.8) is 0 Å². The highest BCUT2D eigenvalue weighted by molar-refractivity contribution is 9.10. The maximum absolute atomic E-state index is 6.19. The molecule has 2 aromatic rings. The first-order chi connectivity index (χ1) is 8.16. The molecule has 1 heterocycles. The van der Waals surface area contributed by atoms with Gasteiger partial charge in [-0.1, -0.05) is 34.1 Å². The van der Waals surface area contributed by atoms with Crippen molar-refractivity contribution in [3.8, 4) is 0 Å². The summed E-state index contributed by atoms with van der Waals surface area (Å²) in [5.74, 6) is 0. The number of pyridine rings is 1. The second-order valence-electron chi connectivity index (χ2n) is 4.14. The van der Waals surface area contributed by atoms with Gasteiger partial charge in [-0.2, -0.15) is 0 Å². The summed E-state index contributed by atoms with van der Waals surface area (Å²) in [6.07, 6.45) is 2.56. The zero-order chi connectivity index (χ0) is 12.3. The van der Waals surface area contributed by atoms with Crippen LogP contribution in [-0.2, 0) is 6.42 Å². The predicted octanol–water partition coefficient (Wildman–Crippen LogP) is 3.40. The highest BCUT2D eigenvalue weighted by Crippen LogP contribution is 2.22. The Hall–Kier alpha value is -1.19. The number of hydrogen-bond acceptors (Lipinski definition) is 2. The van der Waals surface area contributed by atoms with Gasteiger partial charge in [0.15, 0.2) is 0 Å². The van der Waals surface area contributed by atoms with Crippen LogP contribution in [0, 0.1) is 6.92 Å². The Balaban J connectivity index is 2.14. The molecule has 0 aliphatic carbocycles. The molecule has 0 aliphatic heterocycles. The molecule has 0 saturated carbocycles. The van der Waals surface area contributed by atoms with Gasteiger partial charge in [0.2, 0.25) is 0 Å². The minimum atomic E-state index is -0.0122. The standard InChI is InChI=1S/C14H15BrN2/c1-10-5-6-11(8-13(10)15)14(16)9-12-4-2-3-7-17-12/h2-8,14H,9,16H2,1H3. The van der Waals surface area contributed by atoms with E-state index in [2.05, 4.69) is 46.0 Å². The third kappa shape index (κ3) is 3.14. The van der Waals surface area contributed by atoms with Gasteiger partial charge in [0.1, 0.15) is 0 Å². The van der Waals surface area contributed by atoms with Crippen LogP contribution >= 0.6 is 15.9 Å². The van der Waals surface area contributed by atoms with Gasteiger partial charge in [0, 0.05) is 28.8 Å². The Kier molecular flexibility index (Phi) is 3.92. The van der Waals surface area contributed by atoms with E-state index in [0.29, 0.717) is 0 Å². The highest BCUT2D eigenvalue weighted by Gasteiger charge is 2.08. The molecule has 0 fully saturated rings. The molecule has 0 bridgehead atoms. The molecule has 88 valence electrons. The van der Waals surface area contributed by atoms with Crippen molar-refractivity contribution in [2.45, 2.75) is 19.4 Å². The lowest BCUT2D eigenvalue weighted by Gasteiger charge is -2.12. The number of nitrogens with zero attached hydrogens (tertiary/aromatic N) is 1. The summed E-state index contributed by atoms with van der Waals surface area (Å²) < 4.78 is 1.10. The predicted molar refractivity (Wildman–Crippen MR) is 73.7 cm³/mol. The summed E-state index contributed by atoms with van der Waals surface area (Å²) in [6, 6.07) is 12.1. The van der Waals surface area contributed by atoms with Crippen LogP contribution in [0.25, 0.3) is 0 Å². The second-order valence-corrected chi connectivity index (χ2v) is 4.99. The van der Waals surface area contributed by atoms with Crippen molar-refractivity contribution in [3.05, 3.63) is 63.9 Å². The van der Waals surface area contributed by atoms with Crippen molar-refractivity contribution < 1.29 is 0 Å². The minimum absolute atomic E-state index is 0.0122. The van der Waals surface area contributed by atoms with Gasteiger partial charge in [0.05, 0.1) is 0 Å². The molecule has 0 radical (unpaired) electrons. The molecule has 2 N–H and O–H groups in total. The summed E-state index contributed by atoms with van der Waals surface area (Å²) in [5.41, 5.74) is 9.56. The Morgan fingerprint density at radius 2 is 2.12 bits per heavy atom. The van der Waals surface area contributed by atoms with Crippen molar-refractivity contribution in [1.82, 2.24) is 4.98 Å². The first-order valence-corrected chi connectivity index (χ1v) is 6.37. The van der Waals surface area contributed by atoms with Crippen molar-refractivity contribution in [2.24, 2.45) is 5.73 Å². The average Bonchev–Trinajstić information content (AvgIpc) is 2.34. The van der Waals surface area contributed by atoms with Crippen LogP contribution in [0.5, 0.6) is 0 Å². The monoisotopic (exact) mass is 290 g/mol. The number of halogens is 1. The fraction of sp³-hybridized carbons (Fsp3) is 0.214. The summed E-state index contributed by atoms with van der Waals surface area (Å²) >= 11 is 3.53. The van der Waals surface area contributed by atoms with Crippen LogP contribution in [0.4, 0.5) is 0 Å². The largest absolute Gasteiger partial charge is 0.324 e. The van der Waals surface area contributed by atoms with Gasteiger partial charge < -0.3 is 5.73 Å². The Bertz CT molecular complexity index is 497. The Labute approximate surface area is 110 Å². The lowest BCUT2D eigenvalue weighted by atomic mass is 10.0. The number of benzene rings is 1. The van der Waals surface area contributed by atoms with Crippen LogP contribution in [0.2, 0.25) is 0 Å². The maximum Gasteiger partial charge on any atom is 0.0422 e.